The molecule has 16 heavy (non-hydrogen) atoms. The van der Waals surface area contributed by atoms with E-state index in [0.29, 0.717) is 17.3 Å². The van der Waals surface area contributed by atoms with E-state index < -0.39 is 0 Å². The molecule has 0 amide bonds. The summed E-state index contributed by atoms with van der Waals surface area (Å²) in [4.78, 5) is 2.14. The first-order valence-electron chi connectivity index (χ1n) is 5.18. The van der Waals surface area contributed by atoms with Crippen LogP contribution in [-0.4, -0.2) is 30.2 Å². The maximum Gasteiger partial charge on any atom is 0.162 e. The van der Waals surface area contributed by atoms with Gasteiger partial charge in [-0.25, -0.2) is 0 Å². The summed E-state index contributed by atoms with van der Waals surface area (Å²) in [6.45, 7) is 4.39. The Kier molecular flexibility index (Phi) is 3.64. The van der Waals surface area contributed by atoms with Crippen molar-refractivity contribution in [2.24, 2.45) is 0 Å². The van der Waals surface area contributed by atoms with Gasteiger partial charge in [0.15, 0.2) is 5.15 Å². The molecule has 0 bridgehead atoms. The Morgan fingerprint density at radius 1 is 1.75 bits per heavy atom. The minimum absolute atomic E-state index is 0.237. The van der Waals surface area contributed by atoms with Crippen LogP contribution in [0.1, 0.15) is 18.9 Å². The summed E-state index contributed by atoms with van der Waals surface area (Å²) in [6, 6.07) is 2.11. The molecule has 6 heteroatoms. The number of aromatic nitrogens is 1. The number of morpholine rings is 1. The lowest BCUT2D eigenvalue weighted by Crippen LogP contribution is -2.42. The predicted octanol–water partition coefficient (Wildman–Crippen LogP) is 2.28. The first kappa shape index (κ1) is 11.6. The Balaban J connectivity index is 2.20. The summed E-state index contributed by atoms with van der Waals surface area (Å²) in [6.07, 6.45) is 1.21. The van der Waals surface area contributed by atoms with Crippen molar-refractivity contribution in [1.82, 2.24) is 4.37 Å². The van der Waals surface area contributed by atoms with Crippen molar-refractivity contribution < 1.29 is 4.74 Å². The van der Waals surface area contributed by atoms with Crippen LogP contribution in [0.5, 0.6) is 0 Å². The molecular formula is C10H12ClN3OS. The maximum atomic E-state index is 9.02. The SMILES string of the molecule is CCC1CN(c2snc(Cl)c2C#N)CCO1. The molecule has 1 aliphatic rings. The fourth-order valence-corrected chi connectivity index (χ4v) is 2.79. The van der Waals surface area contributed by atoms with Gasteiger partial charge in [0.25, 0.3) is 0 Å². The summed E-state index contributed by atoms with van der Waals surface area (Å²) in [5, 5.41) is 10.2. The van der Waals surface area contributed by atoms with E-state index in [2.05, 4.69) is 22.3 Å². The van der Waals surface area contributed by atoms with Crippen LogP contribution < -0.4 is 4.90 Å². The van der Waals surface area contributed by atoms with Crippen LogP contribution in [0.15, 0.2) is 0 Å². The van der Waals surface area contributed by atoms with Crippen molar-refractivity contribution in [3.8, 4) is 6.07 Å². The van der Waals surface area contributed by atoms with Crippen LogP contribution in [0.25, 0.3) is 0 Å². The van der Waals surface area contributed by atoms with Crippen molar-refractivity contribution >= 4 is 28.1 Å². The van der Waals surface area contributed by atoms with Gasteiger partial charge in [-0.3, -0.25) is 0 Å². The van der Waals surface area contributed by atoms with E-state index in [1.54, 1.807) is 0 Å². The zero-order valence-electron chi connectivity index (χ0n) is 8.94. The Labute approximate surface area is 104 Å². The molecule has 2 heterocycles. The van der Waals surface area contributed by atoms with Crippen LogP contribution >= 0.6 is 23.1 Å². The van der Waals surface area contributed by atoms with Crippen LogP contribution in [0.4, 0.5) is 5.00 Å². The molecule has 1 atom stereocenters. The fourth-order valence-electron chi connectivity index (χ4n) is 1.72. The highest BCUT2D eigenvalue weighted by Gasteiger charge is 2.24. The highest BCUT2D eigenvalue weighted by molar-refractivity contribution is 7.10. The third-order valence-corrected chi connectivity index (χ3v) is 3.91. The second-order valence-corrected chi connectivity index (χ2v) is 4.72. The van der Waals surface area contributed by atoms with Gasteiger partial charge in [0.2, 0.25) is 0 Å². The van der Waals surface area contributed by atoms with Gasteiger partial charge in [0, 0.05) is 13.1 Å². The molecule has 1 fully saturated rings. The Morgan fingerprint density at radius 3 is 3.25 bits per heavy atom. The van der Waals surface area contributed by atoms with Crippen molar-refractivity contribution in [3.63, 3.8) is 0 Å². The number of ether oxygens (including phenoxy) is 1. The van der Waals surface area contributed by atoms with E-state index in [0.717, 1.165) is 24.5 Å². The minimum atomic E-state index is 0.237. The molecule has 4 nitrogen and oxygen atoms in total. The molecule has 1 aromatic rings. The molecule has 0 aliphatic carbocycles. The lowest BCUT2D eigenvalue weighted by molar-refractivity contribution is 0.0386. The van der Waals surface area contributed by atoms with E-state index in [1.165, 1.54) is 11.5 Å². The third kappa shape index (κ3) is 2.14. The lowest BCUT2D eigenvalue weighted by Gasteiger charge is -2.32. The Bertz CT molecular complexity index is 415. The second kappa shape index (κ2) is 5.00. The zero-order valence-corrected chi connectivity index (χ0v) is 10.5. The van der Waals surface area contributed by atoms with Gasteiger partial charge in [-0.2, -0.15) is 9.64 Å². The third-order valence-electron chi connectivity index (χ3n) is 2.63. The number of nitrogens with zero attached hydrogens (tertiary/aromatic N) is 3. The molecule has 1 unspecified atom stereocenters. The molecule has 1 saturated heterocycles. The average Bonchev–Trinajstić information content (AvgIpc) is 2.70. The first-order valence-corrected chi connectivity index (χ1v) is 6.33. The molecular weight excluding hydrogens is 246 g/mol. The zero-order chi connectivity index (χ0) is 11.5. The molecule has 1 aromatic heterocycles. The lowest BCUT2D eigenvalue weighted by atomic mass is 10.2. The molecule has 0 radical (unpaired) electrons. The van der Waals surface area contributed by atoms with Gasteiger partial charge in [-0.05, 0) is 18.0 Å². The van der Waals surface area contributed by atoms with Crippen molar-refractivity contribution in [1.29, 1.82) is 5.26 Å². The largest absolute Gasteiger partial charge is 0.375 e. The van der Waals surface area contributed by atoms with E-state index in [4.69, 9.17) is 21.6 Å². The summed E-state index contributed by atoms with van der Waals surface area (Å²) >= 11 is 7.14. The molecule has 0 spiro atoms. The number of nitriles is 1. The highest BCUT2D eigenvalue weighted by Crippen LogP contribution is 2.32. The van der Waals surface area contributed by atoms with Crippen molar-refractivity contribution in [2.45, 2.75) is 19.4 Å². The van der Waals surface area contributed by atoms with Gasteiger partial charge < -0.3 is 9.64 Å². The monoisotopic (exact) mass is 257 g/mol. The molecule has 0 aromatic carbocycles. The van der Waals surface area contributed by atoms with Crippen LogP contribution in [0.2, 0.25) is 5.15 Å². The number of halogens is 1. The fraction of sp³-hybridized carbons (Fsp3) is 0.600. The molecule has 1 aliphatic heterocycles. The summed E-state index contributed by atoms with van der Waals surface area (Å²) < 4.78 is 9.60. The van der Waals surface area contributed by atoms with Crippen LogP contribution in [-0.2, 0) is 4.74 Å². The molecule has 0 N–H and O–H groups in total. The molecule has 86 valence electrons. The smallest absolute Gasteiger partial charge is 0.162 e. The van der Waals surface area contributed by atoms with E-state index >= 15 is 0 Å². The predicted molar refractivity (Wildman–Crippen MR) is 64.1 cm³/mol. The summed E-state index contributed by atoms with van der Waals surface area (Å²) in [5.74, 6) is 0. The molecule has 2 rings (SSSR count). The number of rotatable bonds is 2. The number of hydrogen-bond acceptors (Lipinski definition) is 5. The molecule has 0 saturated carbocycles. The van der Waals surface area contributed by atoms with E-state index in [1.807, 2.05) is 0 Å². The number of anilines is 1. The normalized spacial score (nSPS) is 20.8. The van der Waals surface area contributed by atoms with Crippen molar-refractivity contribution in [3.05, 3.63) is 10.7 Å². The van der Waals surface area contributed by atoms with Gasteiger partial charge in [0.1, 0.15) is 16.6 Å². The van der Waals surface area contributed by atoms with Crippen LogP contribution in [0.3, 0.4) is 0 Å². The van der Waals surface area contributed by atoms with Gasteiger partial charge in [-0.1, -0.05) is 18.5 Å². The standard InChI is InChI=1S/C10H12ClN3OS/c1-2-7-6-14(3-4-15-7)10-8(5-12)9(11)13-16-10/h7H,2-4,6H2,1H3. The minimum Gasteiger partial charge on any atom is -0.375 e. The van der Waals surface area contributed by atoms with Gasteiger partial charge >= 0.3 is 0 Å². The second-order valence-electron chi connectivity index (χ2n) is 3.61. The van der Waals surface area contributed by atoms with Crippen molar-refractivity contribution in [2.75, 3.05) is 24.6 Å². The number of hydrogen-bond donors (Lipinski definition) is 0. The quantitative estimate of drug-likeness (QED) is 0.816. The Hall–Kier alpha value is -0.830. The van der Waals surface area contributed by atoms with E-state index in [-0.39, 0.29) is 6.10 Å². The van der Waals surface area contributed by atoms with Gasteiger partial charge in [0.05, 0.1) is 12.7 Å². The Morgan fingerprint density at radius 2 is 2.56 bits per heavy atom. The summed E-state index contributed by atoms with van der Waals surface area (Å²) in [5.41, 5.74) is 0.489. The van der Waals surface area contributed by atoms with E-state index in [9.17, 15) is 0 Å². The van der Waals surface area contributed by atoms with Crippen LogP contribution in [0, 0.1) is 11.3 Å². The topological polar surface area (TPSA) is 49.2 Å². The maximum absolute atomic E-state index is 9.02. The average molecular weight is 258 g/mol. The first-order chi connectivity index (χ1) is 7.76. The van der Waals surface area contributed by atoms with Gasteiger partial charge in [-0.15, -0.1) is 0 Å². The summed E-state index contributed by atoms with van der Waals surface area (Å²) in [7, 11) is 0. The highest BCUT2D eigenvalue weighted by atomic mass is 35.5.